The molecule has 1 aromatic heterocycles. The molecule has 0 bridgehead atoms. The van der Waals surface area contributed by atoms with Gasteiger partial charge in [-0.1, -0.05) is 73.5 Å². The summed E-state index contributed by atoms with van der Waals surface area (Å²) in [5.74, 6) is 0.966. The number of anilines is 1. The summed E-state index contributed by atoms with van der Waals surface area (Å²) in [6.45, 7) is 8.42. The van der Waals surface area contributed by atoms with Gasteiger partial charge < -0.3 is 19.9 Å². The third-order valence-electron chi connectivity index (χ3n) is 7.71. The number of halogens is 2. The maximum atomic E-state index is 12.9. The zero-order valence-electron chi connectivity index (χ0n) is 25.2. The monoisotopic (exact) mass is 736 g/mol. The van der Waals surface area contributed by atoms with Gasteiger partial charge in [-0.05, 0) is 44.0 Å². The Hall–Kier alpha value is -3.88. The molecule has 1 fully saturated rings. The summed E-state index contributed by atoms with van der Waals surface area (Å²) in [7, 11) is 0. The van der Waals surface area contributed by atoms with Crippen LogP contribution in [0.5, 0.6) is 0 Å². The maximum absolute atomic E-state index is 12.9. The van der Waals surface area contributed by atoms with E-state index in [1.165, 1.54) is 6.33 Å². The van der Waals surface area contributed by atoms with Crippen LogP contribution in [0.2, 0.25) is 0 Å². The first kappa shape index (κ1) is 31.1. The van der Waals surface area contributed by atoms with Crippen LogP contribution in [-0.2, 0) is 11.3 Å². The minimum Gasteiger partial charge on any atom is -0.444 e. The Labute approximate surface area is 278 Å². The van der Waals surface area contributed by atoms with Crippen molar-refractivity contribution in [3.8, 4) is 11.5 Å². The van der Waals surface area contributed by atoms with Crippen molar-refractivity contribution in [1.29, 1.82) is 0 Å². The van der Waals surface area contributed by atoms with Gasteiger partial charge in [0, 0.05) is 35.1 Å². The number of imidazole rings is 1. The Kier molecular flexibility index (Phi) is 8.89. The average molecular weight is 738 g/mol. The lowest BCUT2D eigenvalue weighted by Crippen LogP contribution is -2.52. The summed E-state index contributed by atoms with van der Waals surface area (Å²) < 4.78 is 11.4. The summed E-state index contributed by atoms with van der Waals surface area (Å²) in [5, 5.41) is 9.28. The molecule has 1 amide bonds. The van der Waals surface area contributed by atoms with Gasteiger partial charge in [-0.3, -0.25) is 4.90 Å². The zero-order chi connectivity index (χ0) is 31.7. The minimum absolute atomic E-state index is 0.159. The van der Waals surface area contributed by atoms with Gasteiger partial charge in [0.2, 0.25) is 0 Å². The van der Waals surface area contributed by atoms with E-state index in [4.69, 9.17) is 15.7 Å². The van der Waals surface area contributed by atoms with E-state index in [9.17, 15) is 4.79 Å². The summed E-state index contributed by atoms with van der Waals surface area (Å²) in [4.78, 5) is 30.0. The zero-order valence-corrected chi connectivity index (χ0v) is 28.4. The number of piperazine rings is 1. The van der Waals surface area contributed by atoms with Crippen molar-refractivity contribution in [2.24, 2.45) is 0 Å². The van der Waals surface area contributed by atoms with Crippen LogP contribution in [0, 0.1) is 0 Å². The number of aromatic nitrogens is 7. The Balaban J connectivity index is 1.37. The number of carbonyl (C=O) groups excluding carboxylic acids is 1. The van der Waals surface area contributed by atoms with Crippen LogP contribution in [0.4, 0.5) is 10.6 Å². The highest BCUT2D eigenvalue weighted by molar-refractivity contribution is 9.10. The fourth-order valence-corrected chi connectivity index (χ4v) is 6.71. The van der Waals surface area contributed by atoms with Crippen molar-refractivity contribution in [3.63, 3.8) is 0 Å². The number of rotatable bonds is 7. The van der Waals surface area contributed by atoms with E-state index < -0.39 is 5.60 Å². The first-order valence-corrected chi connectivity index (χ1v) is 16.2. The number of hydrogen-bond donors (Lipinski definition) is 1. The van der Waals surface area contributed by atoms with Crippen LogP contribution >= 0.6 is 31.9 Å². The molecule has 14 heteroatoms. The van der Waals surface area contributed by atoms with Crippen molar-refractivity contribution in [1.82, 2.24) is 44.3 Å². The number of fused-ring (bicyclic) bond motifs is 1. The number of benzene rings is 2. The van der Waals surface area contributed by atoms with Gasteiger partial charge in [0.25, 0.3) is 0 Å². The third kappa shape index (κ3) is 6.72. The molecule has 12 nitrogen and oxygen atoms in total. The molecule has 2 atom stereocenters. The predicted octanol–water partition coefficient (Wildman–Crippen LogP) is 5.41. The largest absolute Gasteiger partial charge is 0.444 e. The second kappa shape index (κ2) is 12.9. The number of nitrogens with two attached hydrogens (primary N) is 1. The third-order valence-corrected chi connectivity index (χ3v) is 9.16. The van der Waals surface area contributed by atoms with E-state index in [2.05, 4.69) is 75.0 Å². The van der Waals surface area contributed by atoms with Crippen LogP contribution < -0.4 is 5.73 Å². The number of amides is 1. The summed E-state index contributed by atoms with van der Waals surface area (Å²) in [6, 6.07) is 16.0. The molecule has 3 aliphatic rings. The Bertz CT molecular complexity index is 1760. The van der Waals surface area contributed by atoms with Crippen LogP contribution in [0.25, 0.3) is 11.5 Å². The van der Waals surface area contributed by atoms with Crippen molar-refractivity contribution >= 4 is 43.8 Å². The number of nitrogen functional groups attached to an aromatic ring is 1. The molecule has 6 rings (SSSR count). The lowest BCUT2D eigenvalue weighted by molar-refractivity contribution is 0.00749. The van der Waals surface area contributed by atoms with E-state index in [0.717, 1.165) is 25.8 Å². The summed E-state index contributed by atoms with van der Waals surface area (Å²) >= 11 is 7.66. The molecule has 3 aromatic rings. The Morgan fingerprint density at radius 3 is 2.22 bits per heavy atom. The highest BCUT2D eigenvalue weighted by Crippen LogP contribution is 2.42. The lowest BCUT2D eigenvalue weighted by atomic mass is 9.91. The molecule has 4 heterocycles. The number of carbonyl (C=O) groups is 1. The van der Waals surface area contributed by atoms with Gasteiger partial charge in [0.1, 0.15) is 23.3 Å². The molecular formula is C31H34Br2N10O2. The second-order valence-corrected chi connectivity index (χ2v) is 13.6. The highest BCUT2D eigenvalue weighted by atomic mass is 79.9. The second-order valence-electron chi connectivity index (χ2n) is 11.9. The SMILES string of the molecule is CC(C)(C)OC(=O)N1CCN([C@H](c2ccccc2Br)[C@H](c2ccccc2Br)n2cc(Cn3cnc(N)c4ncnc3-4)nn2)CC1. The minimum atomic E-state index is -0.553. The van der Waals surface area contributed by atoms with Crippen molar-refractivity contribution < 1.29 is 9.53 Å². The first-order valence-electron chi connectivity index (χ1n) is 14.6. The fourth-order valence-electron chi connectivity index (χ4n) is 5.67. The normalized spacial score (nSPS) is 15.7. The smallest absolute Gasteiger partial charge is 0.410 e. The van der Waals surface area contributed by atoms with Gasteiger partial charge in [-0.15, -0.1) is 5.10 Å². The maximum Gasteiger partial charge on any atom is 0.410 e. The molecule has 0 radical (unpaired) electrons. The van der Waals surface area contributed by atoms with Crippen LogP contribution in [0.3, 0.4) is 0 Å². The molecular weight excluding hydrogens is 704 g/mol. The van der Waals surface area contributed by atoms with Crippen molar-refractivity contribution in [2.75, 3.05) is 31.9 Å². The Morgan fingerprint density at radius 1 is 0.933 bits per heavy atom. The van der Waals surface area contributed by atoms with Gasteiger partial charge in [-0.2, -0.15) is 0 Å². The molecule has 2 aromatic carbocycles. The van der Waals surface area contributed by atoms with E-state index in [0.29, 0.717) is 50.1 Å². The molecule has 0 unspecified atom stereocenters. The van der Waals surface area contributed by atoms with Crippen LogP contribution in [-0.4, -0.2) is 82.2 Å². The number of ether oxygens (including phenoxy) is 1. The standard InChI is InChI=1S/C31H34Br2N10O2/c1-31(2,3)45-30(44)41-14-12-40(13-15-41)26(21-8-4-6-10-23(21)32)27(22-9-5-7-11-24(22)33)43-17-20(38-39-43)16-42-19-37-28(34)25-29(42)36-18-35-25/h4-11,17-19,26-27H,12-16,34H2,1-3H3/t26-,27+/m1/s1. The van der Waals surface area contributed by atoms with Gasteiger partial charge in [0.05, 0.1) is 31.2 Å². The molecule has 45 heavy (non-hydrogen) atoms. The predicted molar refractivity (Wildman–Crippen MR) is 177 cm³/mol. The van der Waals surface area contributed by atoms with Crippen molar-refractivity contribution in [3.05, 3.63) is 93.1 Å². The summed E-state index contributed by atoms with van der Waals surface area (Å²) in [5.41, 5.74) is 8.89. The molecule has 1 saturated heterocycles. The molecule has 3 aliphatic heterocycles. The van der Waals surface area contributed by atoms with Crippen LogP contribution in [0.15, 0.2) is 76.3 Å². The Morgan fingerprint density at radius 2 is 1.58 bits per heavy atom. The molecule has 234 valence electrons. The molecule has 0 saturated carbocycles. The fraction of sp³-hybridized carbons (Fsp3) is 0.355. The topological polar surface area (TPSA) is 133 Å². The highest BCUT2D eigenvalue weighted by Gasteiger charge is 2.37. The molecule has 2 N–H and O–H groups in total. The van der Waals surface area contributed by atoms with Crippen LogP contribution in [0.1, 0.15) is 49.7 Å². The quantitative estimate of drug-likeness (QED) is 0.233. The summed E-state index contributed by atoms with van der Waals surface area (Å²) in [6.07, 6.45) is 4.80. The van der Waals surface area contributed by atoms with Crippen molar-refractivity contribution in [2.45, 2.75) is 45.0 Å². The van der Waals surface area contributed by atoms with E-state index >= 15 is 0 Å². The van der Waals surface area contributed by atoms with E-state index in [-0.39, 0.29) is 18.2 Å². The molecule has 0 aliphatic carbocycles. The van der Waals surface area contributed by atoms with Gasteiger partial charge in [-0.25, -0.2) is 24.4 Å². The van der Waals surface area contributed by atoms with Gasteiger partial charge in [0.15, 0.2) is 11.6 Å². The first-order chi connectivity index (χ1) is 21.6. The number of hydrogen-bond acceptors (Lipinski definition) is 9. The average Bonchev–Trinajstić information content (AvgIpc) is 3.69. The van der Waals surface area contributed by atoms with E-state index in [1.54, 1.807) is 11.2 Å². The molecule has 0 spiro atoms. The van der Waals surface area contributed by atoms with E-state index in [1.807, 2.05) is 66.5 Å². The number of nitrogens with zero attached hydrogens (tertiary/aromatic N) is 9. The van der Waals surface area contributed by atoms with Gasteiger partial charge >= 0.3 is 6.09 Å². The lowest BCUT2D eigenvalue weighted by Gasteiger charge is -2.43.